The van der Waals surface area contributed by atoms with Crippen LogP contribution in [0.1, 0.15) is 67.5 Å². The fourth-order valence-corrected chi connectivity index (χ4v) is 6.07. The Bertz CT molecular complexity index is 1740. The van der Waals surface area contributed by atoms with Gasteiger partial charge in [-0.05, 0) is 79.8 Å². The van der Waals surface area contributed by atoms with E-state index in [0.717, 1.165) is 58.4 Å². The van der Waals surface area contributed by atoms with E-state index in [0.29, 0.717) is 47.8 Å². The first-order valence-corrected chi connectivity index (χ1v) is 15.5. The second-order valence-electron chi connectivity index (χ2n) is 10.7. The summed E-state index contributed by atoms with van der Waals surface area (Å²) in [6.45, 7) is 6.89. The van der Waals surface area contributed by atoms with Crippen molar-refractivity contribution in [1.29, 1.82) is 0 Å². The number of fused-ring (bicyclic) bond motifs is 2. The number of hydrogen-bond donors (Lipinski definition) is 0. The van der Waals surface area contributed by atoms with Crippen LogP contribution in [0.4, 0.5) is 0 Å². The molecule has 1 aliphatic heterocycles. The van der Waals surface area contributed by atoms with Crippen LogP contribution in [0.5, 0.6) is 23.0 Å². The lowest BCUT2D eigenvalue weighted by atomic mass is 9.88. The first kappa shape index (κ1) is 29.0. The first-order chi connectivity index (χ1) is 21.0. The average molecular weight is 645 g/mol. The molecule has 3 aromatic carbocycles. The number of hydrogen-bond acceptors (Lipinski definition) is 7. The zero-order chi connectivity index (χ0) is 29.8. The maximum atomic E-state index is 13.8. The number of nitrogens with zero attached hydrogens (tertiary/aromatic N) is 3. The molecule has 0 saturated heterocycles. The van der Waals surface area contributed by atoms with E-state index < -0.39 is 0 Å². The Labute approximate surface area is 259 Å². The predicted octanol–water partition coefficient (Wildman–Crippen LogP) is 7.52. The standard InChI is InChI=1S/C34H34BrN3O5/c1-3-8-25-15-23(17-31(40-4-2)32(25)41-20-22-11-14-29-30(16-22)43-21-42-29)19-36-38-33(24-9-6-5-7-10-24)37-28-13-12-26(35)18-27(28)34(38)39/h3,11-19,24H,1,4-10,20-21H2,2H3. The summed E-state index contributed by atoms with van der Waals surface area (Å²) in [5, 5.41) is 5.27. The molecule has 0 atom stereocenters. The summed E-state index contributed by atoms with van der Waals surface area (Å²) in [4.78, 5) is 18.7. The number of benzene rings is 3. The molecule has 1 aromatic heterocycles. The molecule has 0 N–H and O–H groups in total. The zero-order valence-corrected chi connectivity index (χ0v) is 25.8. The number of aromatic nitrogens is 2. The summed E-state index contributed by atoms with van der Waals surface area (Å²) >= 11 is 3.49. The highest BCUT2D eigenvalue weighted by molar-refractivity contribution is 9.10. The molecular weight excluding hydrogens is 610 g/mol. The van der Waals surface area contributed by atoms with Crippen molar-refractivity contribution in [3.8, 4) is 23.0 Å². The van der Waals surface area contributed by atoms with Gasteiger partial charge in [0.05, 0.1) is 23.7 Å². The van der Waals surface area contributed by atoms with E-state index in [2.05, 4.69) is 22.5 Å². The van der Waals surface area contributed by atoms with Crippen LogP contribution < -0.4 is 24.5 Å². The van der Waals surface area contributed by atoms with E-state index in [1.165, 1.54) is 11.1 Å². The Morgan fingerprint density at radius 2 is 1.91 bits per heavy atom. The second kappa shape index (κ2) is 13.0. The topological polar surface area (TPSA) is 84.2 Å². The average Bonchev–Trinajstić information content (AvgIpc) is 3.49. The third-order valence-corrected chi connectivity index (χ3v) is 8.26. The maximum absolute atomic E-state index is 13.8. The molecule has 2 heterocycles. The van der Waals surface area contributed by atoms with Gasteiger partial charge in [-0.2, -0.15) is 9.78 Å². The van der Waals surface area contributed by atoms with Crippen molar-refractivity contribution in [2.24, 2.45) is 5.10 Å². The van der Waals surface area contributed by atoms with E-state index >= 15 is 0 Å². The minimum Gasteiger partial charge on any atom is -0.490 e. The van der Waals surface area contributed by atoms with Gasteiger partial charge in [-0.1, -0.05) is 47.3 Å². The van der Waals surface area contributed by atoms with Crippen molar-refractivity contribution < 1.29 is 18.9 Å². The molecule has 8 nitrogen and oxygen atoms in total. The summed E-state index contributed by atoms with van der Waals surface area (Å²) in [5.41, 5.74) is 3.15. The first-order valence-electron chi connectivity index (χ1n) is 14.7. The lowest BCUT2D eigenvalue weighted by Gasteiger charge is -2.22. The highest BCUT2D eigenvalue weighted by atomic mass is 79.9. The van der Waals surface area contributed by atoms with Gasteiger partial charge in [-0.3, -0.25) is 4.79 Å². The molecule has 222 valence electrons. The molecule has 4 aromatic rings. The molecule has 0 radical (unpaired) electrons. The Morgan fingerprint density at radius 1 is 1.07 bits per heavy atom. The van der Waals surface area contributed by atoms with Crippen LogP contribution >= 0.6 is 15.9 Å². The predicted molar refractivity (Wildman–Crippen MR) is 171 cm³/mol. The molecule has 0 spiro atoms. The van der Waals surface area contributed by atoms with Gasteiger partial charge in [0.1, 0.15) is 12.4 Å². The summed E-state index contributed by atoms with van der Waals surface area (Å²) in [6.07, 6.45) is 9.55. The van der Waals surface area contributed by atoms with Crippen molar-refractivity contribution in [3.63, 3.8) is 0 Å². The number of rotatable bonds is 10. The molecule has 0 amide bonds. The van der Waals surface area contributed by atoms with Crippen LogP contribution in [0.25, 0.3) is 10.9 Å². The van der Waals surface area contributed by atoms with E-state index in [9.17, 15) is 4.79 Å². The fraction of sp³-hybridized carbons (Fsp3) is 0.324. The van der Waals surface area contributed by atoms with Crippen LogP contribution in [0.3, 0.4) is 0 Å². The van der Waals surface area contributed by atoms with E-state index in [1.807, 2.05) is 61.5 Å². The van der Waals surface area contributed by atoms with Gasteiger partial charge in [-0.25, -0.2) is 4.98 Å². The molecule has 2 aliphatic rings. The van der Waals surface area contributed by atoms with Crippen LogP contribution in [0, 0.1) is 0 Å². The van der Waals surface area contributed by atoms with E-state index in [-0.39, 0.29) is 18.3 Å². The van der Waals surface area contributed by atoms with Gasteiger partial charge in [0, 0.05) is 16.0 Å². The van der Waals surface area contributed by atoms with Gasteiger partial charge in [0.2, 0.25) is 6.79 Å². The minimum absolute atomic E-state index is 0.178. The highest BCUT2D eigenvalue weighted by Crippen LogP contribution is 2.37. The van der Waals surface area contributed by atoms with Gasteiger partial charge in [-0.15, -0.1) is 6.58 Å². The molecule has 6 rings (SSSR count). The van der Waals surface area contributed by atoms with Crippen molar-refractivity contribution in [3.05, 3.63) is 98.5 Å². The third kappa shape index (κ3) is 6.32. The van der Waals surface area contributed by atoms with Gasteiger partial charge in [0.25, 0.3) is 5.56 Å². The number of halogens is 1. The van der Waals surface area contributed by atoms with Crippen molar-refractivity contribution in [2.75, 3.05) is 13.4 Å². The van der Waals surface area contributed by atoms with Gasteiger partial charge >= 0.3 is 0 Å². The van der Waals surface area contributed by atoms with Gasteiger partial charge in [0.15, 0.2) is 23.0 Å². The van der Waals surface area contributed by atoms with Crippen LogP contribution in [-0.4, -0.2) is 29.3 Å². The third-order valence-electron chi connectivity index (χ3n) is 7.76. The van der Waals surface area contributed by atoms with E-state index in [4.69, 9.17) is 29.0 Å². The lowest BCUT2D eigenvalue weighted by molar-refractivity contribution is 0.174. The monoisotopic (exact) mass is 643 g/mol. The lowest BCUT2D eigenvalue weighted by Crippen LogP contribution is -2.25. The van der Waals surface area contributed by atoms with Crippen molar-refractivity contribution >= 4 is 33.0 Å². The summed E-state index contributed by atoms with van der Waals surface area (Å²) in [6, 6.07) is 15.3. The van der Waals surface area contributed by atoms with Crippen LogP contribution in [0.2, 0.25) is 0 Å². The summed E-state index contributed by atoms with van der Waals surface area (Å²) < 4.78 is 25.6. The Hall–Kier alpha value is -4.11. The Morgan fingerprint density at radius 3 is 2.72 bits per heavy atom. The SMILES string of the molecule is C=CCc1cc(C=Nn2c(C3CCCCC3)nc3ccc(Br)cc3c2=O)cc(OCC)c1OCc1ccc2c(c1)OCO2. The van der Waals surface area contributed by atoms with E-state index in [1.54, 1.807) is 6.21 Å². The highest BCUT2D eigenvalue weighted by Gasteiger charge is 2.23. The molecule has 1 saturated carbocycles. The summed E-state index contributed by atoms with van der Waals surface area (Å²) in [7, 11) is 0. The molecule has 1 aliphatic carbocycles. The maximum Gasteiger partial charge on any atom is 0.282 e. The van der Waals surface area contributed by atoms with Crippen LogP contribution in [0.15, 0.2) is 75.6 Å². The fourth-order valence-electron chi connectivity index (χ4n) is 5.70. The Balaban J connectivity index is 1.36. The smallest absolute Gasteiger partial charge is 0.282 e. The largest absolute Gasteiger partial charge is 0.490 e. The second-order valence-corrected chi connectivity index (χ2v) is 11.7. The van der Waals surface area contributed by atoms with Crippen LogP contribution in [-0.2, 0) is 13.0 Å². The zero-order valence-electron chi connectivity index (χ0n) is 24.2. The summed E-state index contributed by atoms with van der Waals surface area (Å²) in [5.74, 6) is 3.60. The molecular formula is C34H34BrN3O5. The molecule has 1 fully saturated rings. The van der Waals surface area contributed by atoms with Crippen molar-refractivity contribution in [2.45, 2.75) is 58.0 Å². The molecule has 0 unspecified atom stereocenters. The molecule has 0 bridgehead atoms. The van der Waals surface area contributed by atoms with Crippen molar-refractivity contribution in [1.82, 2.24) is 9.66 Å². The van der Waals surface area contributed by atoms with Gasteiger partial charge < -0.3 is 18.9 Å². The quantitative estimate of drug-likeness (QED) is 0.131. The Kier molecular flexibility index (Phi) is 8.79. The normalized spacial score (nSPS) is 14.8. The molecule has 9 heteroatoms. The number of ether oxygens (including phenoxy) is 4. The number of allylic oxidation sites excluding steroid dienone is 1. The molecule has 43 heavy (non-hydrogen) atoms. The minimum atomic E-state index is -0.178.